The number of nitrogens with one attached hydrogen (secondary N) is 2. The van der Waals surface area contributed by atoms with Gasteiger partial charge in [0.25, 0.3) is 15.9 Å². The molecule has 1 amide bonds. The molecule has 2 aromatic carbocycles. The summed E-state index contributed by atoms with van der Waals surface area (Å²) in [6, 6.07) is 12.0. The summed E-state index contributed by atoms with van der Waals surface area (Å²) < 4.78 is 37.8. The van der Waals surface area contributed by atoms with Gasteiger partial charge in [-0.3, -0.25) is 9.52 Å². The molecular weight excluding hydrogens is 394 g/mol. The monoisotopic (exact) mass is 407 g/mol. The van der Waals surface area contributed by atoms with Gasteiger partial charge >= 0.3 is 0 Å². The van der Waals surface area contributed by atoms with Gasteiger partial charge in [-0.15, -0.1) is 0 Å². The molecule has 1 aromatic heterocycles. The second kappa shape index (κ2) is 7.68. The SMILES string of the molecule is COc1ccc(NC(=O)c2ccon2)cc1S(=O)(=O)Nc1ccccc1Cl. The van der Waals surface area contributed by atoms with Crippen molar-refractivity contribution in [2.24, 2.45) is 0 Å². The van der Waals surface area contributed by atoms with Crippen LogP contribution in [0.4, 0.5) is 11.4 Å². The lowest BCUT2D eigenvalue weighted by molar-refractivity contribution is 0.101. The lowest BCUT2D eigenvalue weighted by Crippen LogP contribution is -2.16. The zero-order valence-corrected chi connectivity index (χ0v) is 15.5. The standard InChI is InChI=1S/C17H14ClN3O5S/c1-25-15-7-6-11(19-17(22)14-8-9-26-20-14)10-16(15)27(23,24)21-13-5-3-2-4-12(13)18/h2-10,21H,1H3,(H,19,22). The molecule has 8 nitrogen and oxygen atoms in total. The minimum absolute atomic E-state index is 0.0596. The highest BCUT2D eigenvalue weighted by molar-refractivity contribution is 7.92. The molecule has 0 aliphatic carbocycles. The zero-order chi connectivity index (χ0) is 19.4. The predicted molar refractivity (Wildman–Crippen MR) is 99.7 cm³/mol. The van der Waals surface area contributed by atoms with E-state index in [0.717, 1.165) is 0 Å². The summed E-state index contributed by atoms with van der Waals surface area (Å²) in [5.41, 5.74) is 0.519. The van der Waals surface area contributed by atoms with Crippen molar-refractivity contribution < 1.29 is 22.5 Å². The average Bonchev–Trinajstić information content (AvgIpc) is 3.18. The van der Waals surface area contributed by atoms with Crippen LogP contribution in [0, 0.1) is 0 Å². The summed E-state index contributed by atoms with van der Waals surface area (Å²) >= 11 is 6.02. The number of aromatic nitrogens is 1. The van der Waals surface area contributed by atoms with Crippen molar-refractivity contribution in [3.63, 3.8) is 0 Å². The lowest BCUT2D eigenvalue weighted by atomic mass is 10.3. The average molecular weight is 408 g/mol. The fourth-order valence-electron chi connectivity index (χ4n) is 2.23. The van der Waals surface area contributed by atoms with Crippen molar-refractivity contribution in [2.45, 2.75) is 4.90 Å². The fourth-order valence-corrected chi connectivity index (χ4v) is 3.75. The van der Waals surface area contributed by atoms with Gasteiger partial charge in [-0.1, -0.05) is 28.9 Å². The normalized spacial score (nSPS) is 11.0. The van der Waals surface area contributed by atoms with Crippen LogP contribution in [-0.2, 0) is 10.0 Å². The first kappa shape index (κ1) is 18.7. The molecule has 1 heterocycles. The maximum atomic E-state index is 12.8. The number of amides is 1. The number of ether oxygens (including phenoxy) is 1. The first-order valence-corrected chi connectivity index (χ1v) is 9.44. The molecule has 0 saturated heterocycles. The van der Waals surface area contributed by atoms with Crippen LogP contribution in [0.3, 0.4) is 0 Å². The number of carbonyl (C=O) groups excluding carboxylic acids is 1. The number of rotatable bonds is 6. The first-order valence-electron chi connectivity index (χ1n) is 7.58. The Bertz CT molecular complexity index is 1070. The van der Waals surface area contributed by atoms with E-state index in [0.29, 0.717) is 0 Å². The molecule has 140 valence electrons. The van der Waals surface area contributed by atoms with E-state index < -0.39 is 15.9 Å². The summed E-state index contributed by atoms with van der Waals surface area (Å²) in [5, 5.41) is 6.32. The maximum Gasteiger partial charge on any atom is 0.277 e. The van der Waals surface area contributed by atoms with Crippen LogP contribution in [0.25, 0.3) is 0 Å². The largest absolute Gasteiger partial charge is 0.495 e. The Kier molecular flexibility index (Phi) is 5.33. The van der Waals surface area contributed by atoms with Crippen molar-refractivity contribution in [3.05, 3.63) is 65.5 Å². The quantitative estimate of drug-likeness (QED) is 0.648. The molecule has 0 fully saturated rings. The van der Waals surface area contributed by atoms with Crippen LogP contribution < -0.4 is 14.8 Å². The minimum atomic E-state index is -4.04. The van der Waals surface area contributed by atoms with Gasteiger partial charge < -0.3 is 14.6 Å². The zero-order valence-electron chi connectivity index (χ0n) is 14.0. The second-order valence-electron chi connectivity index (χ2n) is 5.29. The van der Waals surface area contributed by atoms with E-state index in [1.165, 1.54) is 43.7 Å². The first-order chi connectivity index (χ1) is 12.9. The molecule has 0 saturated carbocycles. The van der Waals surface area contributed by atoms with Gasteiger partial charge in [-0.05, 0) is 30.3 Å². The predicted octanol–water partition coefficient (Wildman–Crippen LogP) is 3.39. The number of carbonyl (C=O) groups is 1. The van der Waals surface area contributed by atoms with Crippen LogP contribution >= 0.6 is 11.6 Å². The maximum absolute atomic E-state index is 12.8. The van der Waals surface area contributed by atoms with Gasteiger partial charge in [0.2, 0.25) is 0 Å². The van der Waals surface area contributed by atoms with E-state index in [1.54, 1.807) is 18.2 Å². The van der Waals surface area contributed by atoms with E-state index in [4.69, 9.17) is 16.3 Å². The van der Waals surface area contributed by atoms with E-state index in [1.807, 2.05) is 0 Å². The highest BCUT2D eigenvalue weighted by Crippen LogP contribution is 2.30. The Morgan fingerprint density at radius 3 is 2.63 bits per heavy atom. The van der Waals surface area contributed by atoms with Crippen LogP contribution in [0.2, 0.25) is 5.02 Å². The Morgan fingerprint density at radius 1 is 1.19 bits per heavy atom. The summed E-state index contributed by atoms with van der Waals surface area (Å²) in [6.45, 7) is 0. The Labute approximate surface area is 160 Å². The Morgan fingerprint density at radius 2 is 1.96 bits per heavy atom. The summed E-state index contributed by atoms with van der Waals surface area (Å²) in [5.74, 6) is -0.440. The molecule has 10 heteroatoms. The van der Waals surface area contributed by atoms with Crippen molar-refractivity contribution in [1.82, 2.24) is 5.16 Å². The molecule has 3 aromatic rings. The molecule has 0 atom stereocenters. The number of nitrogens with zero attached hydrogens (tertiary/aromatic N) is 1. The van der Waals surface area contributed by atoms with Crippen LogP contribution in [0.15, 0.2) is 64.2 Å². The van der Waals surface area contributed by atoms with E-state index in [9.17, 15) is 13.2 Å². The van der Waals surface area contributed by atoms with E-state index >= 15 is 0 Å². The van der Waals surface area contributed by atoms with Crippen LogP contribution in [0.5, 0.6) is 5.75 Å². The molecule has 0 spiro atoms. The summed E-state index contributed by atoms with van der Waals surface area (Å²) in [7, 11) is -2.69. The van der Waals surface area contributed by atoms with Crippen molar-refractivity contribution in [3.8, 4) is 5.75 Å². The smallest absolute Gasteiger partial charge is 0.277 e. The number of hydrogen-bond donors (Lipinski definition) is 2. The van der Waals surface area contributed by atoms with E-state index in [-0.39, 0.29) is 32.7 Å². The third kappa shape index (κ3) is 4.21. The van der Waals surface area contributed by atoms with Gasteiger partial charge in [0.1, 0.15) is 16.9 Å². The van der Waals surface area contributed by atoms with Crippen molar-refractivity contribution in [1.29, 1.82) is 0 Å². The van der Waals surface area contributed by atoms with Gasteiger partial charge in [0, 0.05) is 11.8 Å². The van der Waals surface area contributed by atoms with Crippen LogP contribution in [0.1, 0.15) is 10.5 Å². The summed E-state index contributed by atoms with van der Waals surface area (Å²) in [4.78, 5) is 11.9. The molecule has 3 rings (SSSR count). The number of halogens is 1. The van der Waals surface area contributed by atoms with Crippen molar-refractivity contribution >= 4 is 38.9 Å². The van der Waals surface area contributed by atoms with Gasteiger partial charge in [0.05, 0.1) is 17.8 Å². The molecular formula is C17H14ClN3O5S. The topological polar surface area (TPSA) is 111 Å². The highest BCUT2D eigenvalue weighted by Gasteiger charge is 2.22. The van der Waals surface area contributed by atoms with Gasteiger partial charge in [-0.25, -0.2) is 8.42 Å². The Balaban J connectivity index is 1.93. The Hall–Kier alpha value is -3.04. The molecule has 0 radical (unpaired) electrons. The van der Waals surface area contributed by atoms with E-state index in [2.05, 4.69) is 19.7 Å². The molecule has 0 aliphatic rings. The van der Waals surface area contributed by atoms with Gasteiger partial charge in [-0.2, -0.15) is 0 Å². The molecule has 0 unspecified atom stereocenters. The number of methoxy groups -OCH3 is 1. The third-order valence-corrected chi connectivity index (χ3v) is 5.22. The summed E-state index contributed by atoms with van der Waals surface area (Å²) in [6.07, 6.45) is 1.26. The number of para-hydroxylation sites is 1. The number of anilines is 2. The van der Waals surface area contributed by atoms with Gasteiger partial charge in [0.15, 0.2) is 5.69 Å². The highest BCUT2D eigenvalue weighted by atomic mass is 35.5. The molecule has 27 heavy (non-hydrogen) atoms. The van der Waals surface area contributed by atoms with Crippen LogP contribution in [-0.4, -0.2) is 26.6 Å². The molecule has 2 N–H and O–H groups in total. The van der Waals surface area contributed by atoms with Crippen molar-refractivity contribution in [2.75, 3.05) is 17.1 Å². The third-order valence-electron chi connectivity index (χ3n) is 3.50. The number of benzene rings is 2. The molecule has 0 aliphatic heterocycles. The number of sulfonamides is 1. The fraction of sp³-hybridized carbons (Fsp3) is 0.0588. The second-order valence-corrected chi connectivity index (χ2v) is 7.35. The number of hydrogen-bond acceptors (Lipinski definition) is 6. The lowest BCUT2D eigenvalue weighted by Gasteiger charge is -2.14. The minimum Gasteiger partial charge on any atom is -0.495 e. The molecule has 0 bridgehead atoms.